The Morgan fingerprint density at radius 2 is 1.39 bits per heavy atom. The Morgan fingerprint density at radius 1 is 0.870 bits per heavy atom. The van der Waals surface area contributed by atoms with Crippen LogP contribution in [0.3, 0.4) is 0 Å². The normalized spacial score (nSPS) is 19.6. The molecule has 2 aliphatic rings. The molecule has 0 bridgehead atoms. The van der Waals surface area contributed by atoms with E-state index in [4.69, 9.17) is 8.85 Å². The van der Waals surface area contributed by atoms with Crippen molar-refractivity contribution in [1.82, 2.24) is 4.90 Å². The number of thioether (sulfide) groups is 1. The minimum atomic E-state index is -2.84. The molecule has 9 heteroatoms. The molecule has 1 amide bonds. The molecule has 2 aliphatic heterocycles. The summed E-state index contributed by atoms with van der Waals surface area (Å²) in [5.41, 5.74) is 1.74. The van der Waals surface area contributed by atoms with Gasteiger partial charge < -0.3 is 14.0 Å². The lowest BCUT2D eigenvalue weighted by atomic mass is 9.92. The number of β-lactam (4-membered cyclic amide) rings is 1. The van der Waals surface area contributed by atoms with E-state index in [0.29, 0.717) is 11.5 Å². The zero-order valence-corrected chi connectivity index (χ0v) is 31.3. The number of amides is 1. The summed E-state index contributed by atoms with van der Waals surface area (Å²) >= 11 is 1.46. The Kier molecular flexibility index (Phi) is 9.40. The minimum absolute atomic E-state index is 0.00374. The number of aliphatic carboxylic acids is 1. The molecule has 244 valence electrons. The van der Waals surface area contributed by atoms with Crippen molar-refractivity contribution >= 4 is 55.6 Å². The van der Waals surface area contributed by atoms with Crippen LogP contribution in [-0.4, -0.2) is 50.0 Å². The number of hydrogen-bond acceptors (Lipinski definition) is 5. The summed E-state index contributed by atoms with van der Waals surface area (Å²) < 4.78 is 13.9. The zero-order valence-electron chi connectivity index (χ0n) is 28.5. The Hall–Kier alpha value is -2.96. The number of benzene rings is 3. The second-order valence-electron chi connectivity index (χ2n) is 14.9. The van der Waals surface area contributed by atoms with Gasteiger partial charge in [-0.2, -0.15) is 0 Å². The monoisotopic (exact) mass is 673 g/mol. The molecule has 46 heavy (non-hydrogen) atoms. The molecule has 5 rings (SSSR count). The van der Waals surface area contributed by atoms with E-state index in [-0.39, 0.29) is 33.2 Å². The second-order valence-corrected chi connectivity index (χ2v) is 25.1. The second kappa shape index (κ2) is 12.6. The van der Waals surface area contributed by atoms with Gasteiger partial charge in [0.2, 0.25) is 5.91 Å². The third-order valence-corrected chi connectivity index (χ3v) is 20.8. The predicted molar refractivity (Wildman–Crippen MR) is 193 cm³/mol. The number of carbonyl (C=O) groups excluding carboxylic acids is 1. The molecular weight excluding hydrogens is 627 g/mol. The van der Waals surface area contributed by atoms with Crippen LogP contribution in [0.15, 0.2) is 90.6 Å². The van der Waals surface area contributed by atoms with Gasteiger partial charge in [0, 0.05) is 4.91 Å². The van der Waals surface area contributed by atoms with Gasteiger partial charge in [0.25, 0.3) is 8.32 Å². The Bertz CT molecular complexity index is 1590. The largest absolute Gasteiger partial charge is 0.477 e. The third-order valence-electron chi connectivity index (χ3n) is 9.90. The Labute approximate surface area is 280 Å². The number of carboxylic acid groups (broad SMARTS) is 1. The molecule has 3 aromatic carbocycles. The lowest BCUT2D eigenvalue weighted by Crippen LogP contribution is -2.66. The van der Waals surface area contributed by atoms with Crippen LogP contribution < -0.4 is 10.4 Å². The van der Waals surface area contributed by atoms with E-state index in [1.807, 2.05) is 43.3 Å². The van der Waals surface area contributed by atoms with E-state index in [0.717, 1.165) is 11.1 Å². The lowest BCUT2D eigenvalue weighted by molar-refractivity contribution is -0.156. The van der Waals surface area contributed by atoms with Crippen LogP contribution in [0.5, 0.6) is 0 Å². The van der Waals surface area contributed by atoms with Crippen LogP contribution >= 0.6 is 11.8 Å². The molecule has 3 aromatic rings. The van der Waals surface area contributed by atoms with E-state index in [2.05, 4.69) is 103 Å². The first kappa shape index (κ1) is 34.4. The van der Waals surface area contributed by atoms with Crippen LogP contribution in [0.2, 0.25) is 23.2 Å². The number of carboxylic acids is 1. The maximum Gasteiger partial charge on any atom is 0.353 e. The van der Waals surface area contributed by atoms with Gasteiger partial charge in [-0.15, -0.1) is 0 Å². The molecule has 0 unspecified atom stereocenters. The van der Waals surface area contributed by atoms with Gasteiger partial charge in [-0.25, -0.2) is 4.79 Å². The highest BCUT2D eigenvalue weighted by atomic mass is 32.2. The molecule has 0 aliphatic carbocycles. The molecule has 1 N–H and O–H groups in total. The summed E-state index contributed by atoms with van der Waals surface area (Å²) in [7, 11) is -4.98. The van der Waals surface area contributed by atoms with Crippen molar-refractivity contribution in [3.63, 3.8) is 0 Å². The summed E-state index contributed by atoms with van der Waals surface area (Å²) in [5, 5.41) is 12.3. The number of hydrogen-bond donors (Lipinski definition) is 1. The smallest absolute Gasteiger partial charge is 0.353 e. The SMILES string of the molecule is C[C@@H](O[Si](C)(C)C(C)(C)C)[C@H]1C(=O)N2C(C(=O)O)=C(c3ccccc3CO[Si](c3ccccc3)(c3ccccc3)C(C)(C)C)S[C@H]12. The van der Waals surface area contributed by atoms with Crippen LogP contribution in [0, 0.1) is 5.92 Å². The Balaban J connectivity index is 1.50. The van der Waals surface area contributed by atoms with Gasteiger partial charge in [-0.1, -0.05) is 138 Å². The predicted octanol–water partition coefficient (Wildman–Crippen LogP) is 7.46. The molecular formula is C37H47NO5SSi2. The molecule has 2 heterocycles. The summed E-state index contributed by atoms with van der Waals surface area (Å²) in [6, 6.07) is 28.8. The van der Waals surface area contributed by atoms with Gasteiger partial charge >= 0.3 is 5.97 Å². The highest BCUT2D eigenvalue weighted by Crippen LogP contribution is 2.55. The highest BCUT2D eigenvalue weighted by Gasteiger charge is 2.59. The van der Waals surface area contributed by atoms with E-state index in [1.165, 1.54) is 27.0 Å². The first-order chi connectivity index (χ1) is 21.5. The summed E-state index contributed by atoms with van der Waals surface area (Å²) in [4.78, 5) is 28.5. The average molecular weight is 674 g/mol. The third kappa shape index (κ3) is 5.96. The maximum absolute atomic E-state index is 13.6. The molecule has 0 saturated carbocycles. The van der Waals surface area contributed by atoms with Crippen LogP contribution in [0.1, 0.15) is 59.6 Å². The van der Waals surface area contributed by atoms with Crippen molar-refractivity contribution < 1.29 is 23.5 Å². The van der Waals surface area contributed by atoms with E-state index >= 15 is 0 Å². The van der Waals surface area contributed by atoms with Gasteiger partial charge in [0.1, 0.15) is 11.1 Å². The lowest BCUT2D eigenvalue weighted by Gasteiger charge is -2.48. The van der Waals surface area contributed by atoms with Crippen molar-refractivity contribution in [2.24, 2.45) is 5.92 Å². The maximum atomic E-state index is 13.6. The topological polar surface area (TPSA) is 76.1 Å². The van der Waals surface area contributed by atoms with Crippen LogP contribution in [0.4, 0.5) is 0 Å². The van der Waals surface area contributed by atoms with Crippen molar-refractivity contribution in [2.75, 3.05) is 0 Å². The molecule has 1 fully saturated rings. The van der Waals surface area contributed by atoms with Gasteiger partial charge in [-0.3, -0.25) is 9.69 Å². The zero-order chi connectivity index (χ0) is 33.7. The Morgan fingerprint density at radius 3 is 1.89 bits per heavy atom. The molecule has 1 saturated heterocycles. The van der Waals surface area contributed by atoms with Crippen molar-refractivity contribution in [3.05, 3.63) is 102 Å². The first-order valence-corrected chi connectivity index (χ1v) is 21.7. The number of fused-ring (bicyclic) bond motifs is 1. The number of nitrogens with zero attached hydrogens (tertiary/aromatic N) is 1. The van der Waals surface area contributed by atoms with Gasteiger partial charge in [0.15, 0.2) is 8.32 Å². The fourth-order valence-electron chi connectivity index (χ4n) is 6.49. The molecule has 0 radical (unpaired) electrons. The minimum Gasteiger partial charge on any atom is -0.477 e. The van der Waals surface area contributed by atoms with Crippen molar-refractivity contribution in [3.8, 4) is 0 Å². The quantitative estimate of drug-likeness (QED) is 0.178. The van der Waals surface area contributed by atoms with Gasteiger partial charge in [-0.05, 0) is 51.6 Å². The summed E-state index contributed by atoms with van der Waals surface area (Å²) in [6.45, 7) is 19.9. The highest BCUT2D eigenvalue weighted by molar-refractivity contribution is 8.09. The van der Waals surface area contributed by atoms with Crippen LogP contribution in [0.25, 0.3) is 4.91 Å². The van der Waals surface area contributed by atoms with Crippen molar-refractivity contribution in [2.45, 2.75) is 89.7 Å². The summed E-state index contributed by atoms with van der Waals surface area (Å²) in [5.74, 6) is -1.69. The van der Waals surface area contributed by atoms with Crippen molar-refractivity contribution in [1.29, 1.82) is 0 Å². The van der Waals surface area contributed by atoms with E-state index in [1.54, 1.807) is 0 Å². The average Bonchev–Trinajstić information content (AvgIpc) is 3.32. The number of rotatable bonds is 10. The van der Waals surface area contributed by atoms with Crippen LogP contribution in [-0.2, 0) is 25.0 Å². The fourth-order valence-corrected chi connectivity index (χ4v) is 14.1. The first-order valence-electron chi connectivity index (χ1n) is 16.0. The molecule has 3 atom stereocenters. The summed E-state index contributed by atoms with van der Waals surface area (Å²) in [6.07, 6.45) is -0.315. The standard InChI is InChI=1S/C37H47NO5SSi2/c1-25(43-45(8,9)36(2,3)4)30-33(39)38-31(35(40)41)32(44-34(30)38)29-23-17-16-18-26(29)24-42-46(37(5,6)7,27-19-12-10-13-20-27)28-21-14-11-15-22-28/h10-23,25,30,34H,24H2,1-9H3,(H,40,41)/t25-,30+,34-/m1/s1. The van der Waals surface area contributed by atoms with E-state index < -0.39 is 28.5 Å². The molecule has 0 spiro atoms. The molecule has 0 aromatic heterocycles. The van der Waals surface area contributed by atoms with Gasteiger partial charge in [0.05, 0.1) is 18.6 Å². The number of carbonyl (C=O) groups is 2. The fraction of sp³-hybridized carbons (Fsp3) is 0.405. The molecule has 6 nitrogen and oxygen atoms in total. The van der Waals surface area contributed by atoms with E-state index in [9.17, 15) is 14.7 Å².